The van der Waals surface area contributed by atoms with Crippen molar-refractivity contribution in [2.24, 2.45) is 0 Å². The molecule has 1 atom stereocenters. The fraction of sp³-hybridized carbons (Fsp3) is 0.333. The lowest BCUT2D eigenvalue weighted by Crippen LogP contribution is -2.53. The summed E-state index contributed by atoms with van der Waals surface area (Å²) in [5.74, 6) is -0.235. The lowest BCUT2D eigenvalue weighted by molar-refractivity contribution is -0.140. The minimum absolute atomic E-state index is 0.0461. The summed E-state index contributed by atoms with van der Waals surface area (Å²) in [5.41, 5.74) is 1.92. The van der Waals surface area contributed by atoms with Crippen LogP contribution in [0.15, 0.2) is 77.7 Å². The van der Waals surface area contributed by atoms with E-state index in [1.807, 2.05) is 33.8 Å². The summed E-state index contributed by atoms with van der Waals surface area (Å²) in [6.45, 7) is 6.92. The average Bonchev–Trinajstić information content (AvgIpc) is 2.92. The fourth-order valence-electron chi connectivity index (χ4n) is 4.24. The van der Waals surface area contributed by atoms with Crippen molar-refractivity contribution in [3.05, 3.63) is 88.9 Å². The van der Waals surface area contributed by atoms with Crippen LogP contribution in [-0.4, -0.2) is 50.9 Å². The first-order chi connectivity index (χ1) is 19.0. The predicted molar refractivity (Wildman–Crippen MR) is 158 cm³/mol. The molecule has 214 valence electrons. The number of aryl methyl sites for hydroxylation is 1. The van der Waals surface area contributed by atoms with E-state index >= 15 is 0 Å². The zero-order valence-electron chi connectivity index (χ0n) is 23.4. The number of methoxy groups -OCH3 is 1. The van der Waals surface area contributed by atoms with Crippen molar-refractivity contribution in [2.45, 2.75) is 57.6 Å². The van der Waals surface area contributed by atoms with Gasteiger partial charge in [-0.2, -0.15) is 0 Å². The molecule has 40 heavy (non-hydrogen) atoms. The van der Waals surface area contributed by atoms with Gasteiger partial charge in [0.2, 0.25) is 11.8 Å². The molecule has 0 saturated heterocycles. The van der Waals surface area contributed by atoms with Gasteiger partial charge in [-0.1, -0.05) is 48.4 Å². The quantitative estimate of drug-likeness (QED) is 0.316. The molecule has 0 spiro atoms. The second-order valence-corrected chi connectivity index (χ2v) is 12.1. The second kappa shape index (κ2) is 13.7. The predicted octanol–water partition coefficient (Wildman–Crippen LogP) is 5.18. The number of hydrogen-bond acceptors (Lipinski definition) is 5. The van der Waals surface area contributed by atoms with Gasteiger partial charge in [0.1, 0.15) is 18.3 Å². The van der Waals surface area contributed by atoms with E-state index in [4.69, 9.17) is 16.3 Å². The number of benzene rings is 3. The zero-order chi connectivity index (χ0) is 29.4. The van der Waals surface area contributed by atoms with Gasteiger partial charge in [-0.3, -0.25) is 13.9 Å². The Morgan fingerprint density at radius 3 is 2.23 bits per heavy atom. The molecule has 0 saturated carbocycles. The highest BCUT2D eigenvalue weighted by Gasteiger charge is 2.33. The molecule has 0 aliphatic heterocycles. The minimum atomic E-state index is -4.15. The first kappa shape index (κ1) is 31.0. The maximum absolute atomic E-state index is 14.1. The van der Waals surface area contributed by atoms with Crippen LogP contribution in [0.25, 0.3) is 0 Å². The number of carbonyl (C=O) groups is 2. The molecule has 1 N–H and O–H groups in total. The molecule has 3 aromatic carbocycles. The van der Waals surface area contributed by atoms with Crippen molar-refractivity contribution < 1.29 is 22.7 Å². The van der Waals surface area contributed by atoms with Crippen LogP contribution in [0.5, 0.6) is 5.75 Å². The molecule has 0 bridgehead atoms. The second-order valence-electron chi connectivity index (χ2n) is 9.76. The lowest BCUT2D eigenvalue weighted by atomic mass is 10.1. The molecule has 0 heterocycles. The Labute approximate surface area is 241 Å². The van der Waals surface area contributed by atoms with Gasteiger partial charge in [-0.05, 0) is 81.3 Å². The summed E-state index contributed by atoms with van der Waals surface area (Å²) in [5, 5.41) is 3.32. The molecular weight excluding hydrogens is 550 g/mol. The third kappa shape index (κ3) is 7.76. The number of carbonyl (C=O) groups excluding carboxylic acids is 2. The number of rotatable bonds is 12. The largest absolute Gasteiger partial charge is 0.497 e. The smallest absolute Gasteiger partial charge is 0.264 e. The number of ether oxygens (including phenoxy) is 1. The summed E-state index contributed by atoms with van der Waals surface area (Å²) >= 11 is 6.08. The van der Waals surface area contributed by atoms with Crippen LogP contribution in [0, 0.1) is 6.92 Å². The molecule has 3 rings (SSSR count). The molecule has 10 heteroatoms. The highest BCUT2D eigenvalue weighted by atomic mass is 35.5. The highest BCUT2D eigenvalue weighted by Crippen LogP contribution is 2.27. The van der Waals surface area contributed by atoms with Crippen molar-refractivity contribution in [3.63, 3.8) is 0 Å². The van der Waals surface area contributed by atoms with E-state index in [1.54, 1.807) is 61.7 Å². The van der Waals surface area contributed by atoms with E-state index in [9.17, 15) is 18.0 Å². The number of nitrogens with zero attached hydrogens (tertiary/aromatic N) is 2. The Balaban J connectivity index is 2.06. The number of hydrogen-bond donors (Lipinski definition) is 1. The maximum Gasteiger partial charge on any atom is 0.264 e. The Morgan fingerprint density at radius 1 is 1.00 bits per heavy atom. The number of nitrogens with one attached hydrogen (secondary N) is 1. The summed E-state index contributed by atoms with van der Waals surface area (Å²) < 4.78 is 34.1. The van der Waals surface area contributed by atoms with Crippen molar-refractivity contribution in [3.8, 4) is 5.75 Å². The average molecular weight is 586 g/mol. The Kier molecular flexibility index (Phi) is 10.6. The summed E-state index contributed by atoms with van der Waals surface area (Å²) in [4.78, 5) is 28.7. The molecular formula is C30H36ClN3O5S. The normalized spacial score (nSPS) is 12.1. The van der Waals surface area contributed by atoms with Gasteiger partial charge >= 0.3 is 0 Å². The molecule has 0 aliphatic rings. The summed E-state index contributed by atoms with van der Waals surface area (Å²) in [7, 11) is -2.60. The Bertz CT molecular complexity index is 1410. The molecule has 8 nitrogen and oxygen atoms in total. The topological polar surface area (TPSA) is 96.0 Å². The van der Waals surface area contributed by atoms with E-state index in [0.717, 1.165) is 15.4 Å². The van der Waals surface area contributed by atoms with Gasteiger partial charge < -0.3 is 15.0 Å². The molecule has 2 amide bonds. The van der Waals surface area contributed by atoms with E-state index in [0.29, 0.717) is 17.2 Å². The van der Waals surface area contributed by atoms with Crippen LogP contribution in [0.3, 0.4) is 0 Å². The molecule has 0 aromatic heterocycles. The molecule has 0 aliphatic carbocycles. The van der Waals surface area contributed by atoms with Gasteiger partial charge in [0.15, 0.2) is 0 Å². The van der Waals surface area contributed by atoms with E-state index < -0.39 is 28.5 Å². The van der Waals surface area contributed by atoms with Crippen LogP contribution >= 0.6 is 11.6 Å². The molecule has 0 fully saturated rings. The van der Waals surface area contributed by atoms with Crippen molar-refractivity contribution >= 4 is 39.1 Å². The molecule has 3 aromatic rings. The van der Waals surface area contributed by atoms with Crippen LogP contribution in [0.1, 0.15) is 38.3 Å². The third-order valence-corrected chi connectivity index (χ3v) is 8.35. The standard InChI is InChI=1S/C30H36ClN3O5S/c1-6-28(30(36)32-21(2)3)33(19-23-8-7-9-26(18-23)39-5)29(35)20-34(25-14-12-24(31)13-15-25)40(37,38)27-16-10-22(4)11-17-27/h7-18,21,28H,6,19-20H2,1-5H3,(H,32,36). The SMILES string of the molecule is CCC(C(=O)NC(C)C)N(Cc1cccc(OC)c1)C(=O)CN(c1ccc(Cl)cc1)S(=O)(=O)c1ccc(C)cc1. The van der Waals surface area contributed by atoms with Gasteiger partial charge in [0, 0.05) is 17.6 Å². The van der Waals surface area contributed by atoms with Crippen molar-refractivity contribution in [1.82, 2.24) is 10.2 Å². The van der Waals surface area contributed by atoms with Crippen molar-refractivity contribution in [1.29, 1.82) is 0 Å². The Morgan fingerprint density at radius 2 is 1.65 bits per heavy atom. The van der Waals surface area contributed by atoms with Crippen LogP contribution in [-0.2, 0) is 26.2 Å². The number of anilines is 1. The van der Waals surface area contributed by atoms with E-state index in [1.165, 1.54) is 17.0 Å². The van der Waals surface area contributed by atoms with E-state index in [2.05, 4.69) is 5.32 Å². The van der Waals surface area contributed by atoms with Gasteiger partial charge in [-0.15, -0.1) is 0 Å². The monoisotopic (exact) mass is 585 g/mol. The highest BCUT2D eigenvalue weighted by molar-refractivity contribution is 7.92. The minimum Gasteiger partial charge on any atom is -0.497 e. The summed E-state index contributed by atoms with van der Waals surface area (Å²) in [6.07, 6.45) is 0.333. The number of sulfonamides is 1. The zero-order valence-corrected chi connectivity index (χ0v) is 25.0. The van der Waals surface area contributed by atoms with Crippen molar-refractivity contribution in [2.75, 3.05) is 18.0 Å². The van der Waals surface area contributed by atoms with Gasteiger partial charge in [-0.25, -0.2) is 8.42 Å². The molecule has 0 radical (unpaired) electrons. The van der Waals surface area contributed by atoms with E-state index in [-0.39, 0.29) is 29.1 Å². The van der Waals surface area contributed by atoms with Gasteiger partial charge in [0.05, 0.1) is 17.7 Å². The Hall–Kier alpha value is -3.56. The summed E-state index contributed by atoms with van der Waals surface area (Å²) in [6, 6.07) is 18.9. The third-order valence-electron chi connectivity index (χ3n) is 6.31. The number of halogens is 1. The molecule has 1 unspecified atom stereocenters. The number of amides is 2. The van der Waals surface area contributed by atoms with Crippen LogP contribution in [0.4, 0.5) is 5.69 Å². The first-order valence-corrected chi connectivity index (χ1v) is 14.9. The maximum atomic E-state index is 14.1. The first-order valence-electron chi connectivity index (χ1n) is 13.0. The van der Waals surface area contributed by atoms with Crippen LogP contribution < -0.4 is 14.4 Å². The van der Waals surface area contributed by atoms with Crippen LogP contribution in [0.2, 0.25) is 5.02 Å². The van der Waals surface area contributed by atoms with Gasteiger partial charge in [0.25, 0.3) is 10.0 Å². The fourth-order valence-corrected chi connectivity index (χ4v) is 5.78. The lowest BCUT2D eigenvalue weighted by Gasteiger charge is -2.33.